The Morgan fingerprint density at radius 2 is 1.48 bits per heavy atom. The van der Waals surface area contributed by atoms with Gasteiger partial charge in [-0.3, -0.25) is 0 Å². The van der Waals surface area contributed by atoms with Crippen LogP contribution in [-0.4, -0.2) is 4.57 Å². The van der Waals surface area contributed by atoms with Gasteiger partial charge >= 0.3 is 0 Å². The van der Waals surface area contributed by atoms with Gasteiger partial charge in [-0.05, 0) is 41.3 Å². The van der Waals surface area contributed by atoms with Gasteiger partial charge in [-0.15, -0.1) is 11.3 Å². The maximum Gasteiger partial charge on any atom is 0.0495 e. The summed E-state index contributed by atoms with van der Waals surface area (Å²) in [6.07, 6.45) is 0. The van der Waals surface area contributed by atoms with Crippen molar-refractivity contribution in [3.05, 3.63) is 60.2 Å². The van der Waals surface area contributed by atoms with Gasteiger partial charge in [0.25, 0.3) is 0 Å². The Bertz CT molecular complexity index is 1280. The fraction of sp³-hybridized carbons (Fsp3) is 0.217. The lowest BCUT2D eigenvalue weighted by atomic mass is 9.86. The summed E-state index contributed by atoms with van der Waals surface area (Å²) < 4.78 is 5.08. The third-order valence-electron chi connectivity index (χ3n) is 5.37. The van der Waals surface area contributed by atoms with Crippen LogP contribution >= 0.6 is 11.3 Å². The largest absolute Gasteiger partial charge is 0.344 e. The lowest BCUT2D eigenvalue weighted by Gasteiger charge is -2.18. The third kappa shape index (κ3) is 2.07. The minimum absolute atomic E-state index is 0.173. The number of thiophene rings is 1. The summed E-state index contributed by atoms with van der Waals surface area (Å²) in [5.41, 5.74) is 4.19. The molecule has 0 atom stereocenters. The van der Waals surface area contributed by atoms with Crippen LogP contribution in [0.3, 0.4) is 0 Å². The zero-order chi connectivity index (χ0) is 17.3. The summed E-state index contributed by atoms with van der Waals surface area (Å²) in [6, 6.07) is 20.4. The van der Waals surface area contributed by atoms with E-state index in [0.717, 1.165) is 0 Å². The molecule has 5 aromatic rings. The summed E-state index contributed by atoms with van der Waals surface area (Å²) in [6.45, 7) is 6.85. The van der Waals surface area contributed by atoms with Crippen LogP contribution in [0.5, 0.6) is 0 Å². The molecule has 2 aromatic heterocycles. The Labute approximate surface area is 151 Å². The fourth-order valence-electron chi connectivity index (χ4n) is 3.89. The summed E-state index contributed by atoms with van der Waals surface area (Å²) in [7, 11) is 2.17. The molecule has 0 aliphatic carbocycles. The molecule has 0 bridgehead atoms. The molecule has 5 rings (SSSR count). The Kier molecular flexibility index (Phi) is 2.91. The molecule has 0 spiro atoms. The van der Waals surface area contributed by atoms with Crippen molar-refractivity contribution in [1.29, 1.82) is 0 Å². The molecule has 0 saturated heterocycles. The first kappa shape index (κ1) is 15.0. The van der Waals surface area contributed by atoms with E-state index in [9.17, 15) is 0 Å². The van der Waals surface area contributed by atoms with E-state index in [-0.39, 0.29) is 5.41 Å². The lowest BCUT2D eigenvalue weighted by Crippen LogP contribution is -2.10. The lowest BCUT2D eigenvalue weighted by molar-refractivity contribution is 0.591. The Morgan fingerprint density at radius 3 is 2.28 bits per heavy atom. The van der Waals surface area contributed by atoms with E-state index >= 15 is 0 Å². The van der Waals surface area contributed by atoms with E-state index in [0.29, 0.717) is 0 Å². The number of aromatic nitrogens is 1. The van der Waals surface area contributed by atoms with Crippen LogP contribution in [0.25, 0.3) is 42.0 Å². The van der Waals surface area contributed by atoms with E-state index in [1.54, 1.807) is 0 Å². The standard InChI is InChI=1S/C23H21NS/c1-23(2,3)14-9-10-21-17(11-14)18-12-20-16(13-22(18)25-21)15-7-5-6-8-19(15)24(20)4/h5-13H,1-4H3. The summed E-state index contributed by atoms with van der Waals surface area (Å²) >= 11 is 1.90. The van der Waals surface area contributed by atoms with Gasteiger partial charge in [0.05, 0.1) is 0 Å². The fourth-order valence-corrected chi connectivity index (χ4v) is 5.00. The van der Waals surface area contributed by atoms with Gasteiger partial charge in [0, 0.05) is 49.0 Å². The smallest absolute Gasteiger partial charge is 0.0495 e. The van der Waals surface area contributed by atoms with Gasteiger partial charge in [0.2, 0.25) is 0 Å². The second kappa shape index (κ2) is 4.86. The molecule has 25 heavy (non-hydrogen) atoms. The van der Waals surface area contributed by atoms with Crippen molar-refractivity contribution in [1.82, 2.24) is 4.57 Å². The second-order valence-corrected chi connectivity index (χ2v) is 9.09. The van der Waals surface area contributed by atoms with Crippen LogP contribution in [0.4, 0.5) is 0 Å². The highest BCUT2D eigenvalue weighted by molar-refractivity contribution is 7.25. The molecule has 124 valence electrons. The van der Waals surface area contributed by atoms with Gasteiger partial charge in [-0.1, -0.05) is 45.0 Å². The number of hydrogen-bond donors (Lipinski definition) is 0. The van der Waals surface area contributed by atoms with Gasteiger partial charge < -0.3 is 4.57 Å². The topological polar surface area (TPSA) is 4.93 Å². The van der Waals surface area contributed by atoms with Crippen molar-refractivity contribution in [2.24, 2.45) is 7.05 Å². The predicted octanol–water partition coefficient (Wildman–Crippen LogP) is 7.00. The first-order valence-corrected chi connectivity index (χ1v) is 9.59. The summed E-state index contributed by atoms with van der Waals surface area (Å²) in [5.74, 6) is 0. The quantitative estimate of drug-likeness (QED) is 0.285. The first-order chi connectivity index (χ1) is 11.9. The molecule has 0 unspecified atom stereocenters. The van der Waals surface area contributed by atoms with Crippen LogP contribution in [-0.2, 0) is 12.5 Å². The highest BCUT2D eigenvalue weighted by Crippen LogP contribution is 2.40. The highest BCUT2D eigenvalue weighted by Gasteiger charge is 2.17. The third-order valence-corrected chi connectivity index (χ3v) is 6.50. The molecule has 0 aliphatic heterocycles. The Hall–Kier alpha value is -2.32. The number of rotatable bonds is 0. The van der Waals surface area contributed by atoms with E-state index < -0.39 is 0 Å². The van der Waals surface area contributed by atoms with Crippen molar-refractivity contribution in [2.75, 3.05) is 0 Å². The van der Waals surface area contributed by atoms with Crippen LogP contribution in [0.1, 0.15) is 26.3 Å². The normalized spacial score (nSPS) is 12.8. The van der Waals surface area contributed by atoms with Crippen molar-refractivity contribution in [3.8, 4) is 0 Å². The highest BCUT2D eigenvalue weighted by atomic mass is 32.1. The first-order valence-electron chi connectivity index (χ1n) is 8.77. The molecule has 3 aromatic carbocycles. The van der Waals surface area contributed by atoms with Gasteiger partial charge in [0.15, 0.2) is 0 Å². The summed E-state index contributed by atoms with van der Waals surface area (Å²) in [4.78, 5) is 0. The predicted molar refractivity (Wildman–Crippen MR) is 112 cm³/mol. The minimum Gasteiger partial charge on any atom is -0.344 e. The van der Waals surface area contributed by atoms with Crippen LogP contribution in [0, 0.1) is 0 Å². The van der Waals surface area contributed by atoms with Crippen LogP contribution < -0.4 is 0 Å². The molecule has 0 saturated carbocycles. The van der Waals surface area contributed by atoms with Gasteiger partial charge in [-0.2, -0.15) is 0 Å². The number of nitrogens with zero attached hydrogens (tertiary/aromatic N) is 1. The number of aryl methyl sites for hydroxylation is 1. The average Bonchev–Trinajstić information content (AvgIpc) is 3.08. The number of benzene rings is 3. The molecule has 1 nitrogen and oxygen atoms in total. The van der Waals surface area contributed by atoms with Gasteiger partial charge in [-0.25, -0.2) is 0 Å². The minimum atomic E-state index is 0.173. The van der Waals surface area contributed by atoms with Crippen LogP contribution in [0.15, 0.2) is 54.6 Å². The van der Waals surface area contributed by atoms with Crippen molar-refractivity contribution in [3.63, 3.8) is 0 Å². The molecule has 0 N–H and O–H groups in total. The second-order valence-electron chi connectivity index (χ2n) is 8.00. The SMILES string of the molecule is Cn1c2ccccc2c2cc3sc4ccc(C(C)(C)C)cc4c3cc21. The van der Waals surface area contributed by atoms with E-state index in [1.807, 2.05) is 11.3 Å². The summed E-state index contributed by atoms with van der Waals surface area (Å²) in [5, 5.41) is 5.46. The van der Waals surface area contributed by atoms with Gasteiger partial charge in [0.1, 0.15) is 0 Å². The molecule has 0 fully saturated rings. The molecule has 2 heteroatoms. The maximum absolute atomic E-state index is 2.39. The molecular weight excluding hydrogens is 322 g/mol. The van der Waals surface area contributed by atoms with E-state index in [4.69, 9.17) is 0 Å². The molecule has 0 amide bonds. The maximum atomic E-state index is 2.39. The Balaban J connectivity index is 1.93. The molecule has 0 aliphatic rings. The number of para-hydroxylation sites is 1. The number of hydrogen-bond acceptors (Lipinski definition) is 1. The van der Waals surface area contributed by atoms with Crippen molar-refractivity contribution >= 4 is 53.3 Å². The molecule has 2 heterocycles. The Morgan fingerprint density at radius 1 is 0.720 bits per heavy atom. The monoisotopic (exact) mass is 343 g/mol. The van der Waals surface area contributed by atoms with Crippen molar-refractivity contribution < 1.29 is 0 Å². The van der Waals surface area contributed by atoms with Crippen molar-refractivity contribution in [2.45, 2.75) is 26.2 Å². The molecular formula is C23H21NS. The van der Waals surface area contributed by atoms with Crippen LogP contribution in [0.2, 0.25) is 0 Å². The van der Waals surface area contributed by atoms with E-state index in [1.165, 1.54) is 47.5 Å². The zero-order valence-electron chi connectivity index (χ0n) is 15.1. The number of fused-ring (bicyclic) bond motifs is 6. The average molecular weight is 343 g/mol. The zero-order valence-corrected chi connectivity index (χ0v) is 15.9. The molecule has 0 radical (unpaired) electrons. The van der Waals surface area contributed by atoms with E-state index in [2.05, 4.69) is 87.0 Å².